The molecule has 1 aliphatic heterocycles. The molecule has 5 rings (SSSR count). The van der Waals surface area contributed by atoms with E-state index in [1.807, 2.05) is 36.4 Å². The fourth-order valence-corrected chi connectivity index (χ4v) is 5.73. The second-order valence-electron chi connectivity index (χ2n) is 10.8. The first kappa shape index (κ1) is 22.6. The molecule has 1 heterocycles. The van der Waals surface area contributed by atoms with Crippen molar-refractivity contribution >= 4 is 10.8 Å². The van der Waals surface area contributed by atoms with Crippen LogP contribution in [0.15, 0.2) is 54.6 Å². The molecule has 0 aromatic heterocycles. The standard InChI is InChI=1S/C30H36FNO/c1-4-5-20-6-8-21(9-7-20)24-14-16-27-25(18-24)15-17-26(28(27)31)22-10-12-23(13-11-22)29-32-30(2,3)19-33-29/h10-18,20-21,29,32H,4-9,19H2,1-3H3. The molecule has 2 aliphatic rings. The van der Waals surface area contributed by atoms with Gasteiger partial charge in [0, 0.05) is 16.5 Å². The van der Waals surface area contributed by atoms with Gasteiger partial charge in [-0.05, 0) is 73.4 Å². The highest BCUT2D eigenvalue weighted by atomic mass is 19.1. The molecule has 33 heavy (non-hydrogen) atoms. The van der Waals surface area contributed by atoms with E-state index in [9.17, 15) is 0 Å². The minimum Gasteiger partial charge on any atom is -0.357 e. The fourth-order valence-electron chi connectivity index (χ4n) is 5.73. The highest BCUT2D eigenvalue weighted by Crippen LogP contribution is 2.39. The number of hydrogen-bond donors (Lipinski definition) is 1. The molecule has 0 spiro atoms. The minimum absolute atomic E-state index is 0.0263. The van der Waals surface area contributed by atoms with E-state index in [2.05, 4.69) is 44.3 Å². The van der Waals surface area contributed by atoms with Crippen LogP contribution in [-0.2, 0) is 4.74 Å². The quantitative estimate of drug-likeness (QED) is 0.428. The Morgan fingerprint density at radius 2 is 1.67 bits per heavy atom. The van der Waals surface area contributed by atoms with E-state index in [-0.39, 0.29) is 17.6 Å². The first-order chi connectivity index (χ1) is 15.9. The fraction of sp³-hybridized carbons (Fsp3) is 0.467. The smallest absolute Gasteiger partial charge is 0.138 e. The van der Waals surface area contributed by atoms with E-state index in [4.69, 9.17) is 4.74 Å². The van der Waals surface area contributed by atoms with E-state index in [1.165, 1.54) is 44.1 Å². The lowest BCUT2D eigenvalue weighted by molar-refractivity contribution is 0.0989. The summed E-state index contributed by atoms with van der Waals surface area (Å²) in [6, 6.07) is 18.5. The Morgan fingerprint density at radius 3 is 2.33 bits per heavy atom. The van der Waals surface area contributed by atoms with Crippen LogP contribution in [0.1, 0.15) is 82.6 Å². The van der Waals surface area contributed by atoms with Crippen molar-refractivity contribution in [1.82, 2.24) is 5.32 Å². The third-order valence-electron chi connectivity index (χ3n) is 7.65. The van der Waals surface area contributed by atoms with Crippen LogP contribution in [0.2, 0.25) is 0 Å². The summed E-state index contributed by atoms with van der Waals surface area (Å²) in [6.07, 6.45) is 7.74. The van der Waals surface area contributed by atoms with Crippen molar-refractivity contribution in [3.63, 3.8) is 0 Å². The summed E-state index contributed by atoms with van der Waals surface area (Å²) in [5.41, 5.74) is 3.97. The van der Waals surface area contributed by atoms with E-state index in [1.54, 1.807) is 0 Å². The largest absolute Gasteiger partial charge is 0.357 e. The second kappa shape index (κ2) is 9.19. The highest BCUT2D eigenvalue weighted by Gasteiger charge is 2.31. The zero-order valence-corrected chi connectivity index (χ0v) is 20.2. The van der Waals surface area contributed by atoms with Gasteiger partial charge in [-0.25, -0.2) is 4.39 Å². The molecule has 3 aromatic carbocycles. The lowest BCUT2D eigenvalue weighted by atomic mass is 9.77. The SMILES string of the molecule is CCCC1CCC(c2ccc3c(F)c(-c4ccc(C5NC(C)(C)CO5)cc4)ccc3c2)CC1. The number of benzene rings is 3. The van der Waals surface area contributed by atoms with Crippen LogP contribution in [0.3, 0.4) is 0 Å². The van der Waals surface area contributed by atoms with Crippen molar-refractivity contribution in [2.24, 2.45) is 5.92 Å². The minimum atomic E-state index is -0.130. The first-order valence-electron chi connectivity index (χ1n) is 12.7. The molecular weight excluding hydrogens is 409 g/mol. The molecule has 3 heteroatoms. The van der Waals surface area contributed by atoms with Gasteiger partial charge in [0.1, 0.15) is 12.0 Å². The molecule has 174 valence electrons. The lowest BCUT2D eigenvalue weighted by Gasteiger charge is -2.28. The first-order valence-corrected chi connectivity index (χ1v) is 12.7. The lowest BCUT2D eigenvalue weighted by Crippen LogP contribution is -2.35. The van der Waals surface area contributed by atoms with Crippen molar-refractivity contribution in [1.29, 1.82) is 0 Å². The Kier molecular flexibility index (Phi) is 6.28. The zero-order valence-electron chi connectivity index (χ0n) is 20.2. The van der Waals surface area contributed by atoms with Gasteiger partial charge in [0.15, 0.2) is 0 Å². The summed E-state index contributed by atoms with van der Waals surface area (Å²) in [6.45, 7) is 7.23. The summed E-state index contributed by atoms with van der Waals surface area (Å²) in [5.74, 6) is 1.39. The summed E-state index contributed by atoms with van der Waals surface area (Å²) < 4.78 is 21.4. The molecule has 2 nitrogen and oxygen atoms in total. The van der Waals surface area contributed by atoms with Gasteiger partial charge < -0.3 is 4.74 Å². The van der Waals surface area contributed by atoms with Crippen LogP contribution in [0.4, 0.5) is 4.39 Å². The van der Waals surface area contributed by atoms with Gasteiger partial charge in [0.2, 0.25) is 0 Å². The Labute approximate surface area is 197 Å². The molecule has 0 radical (unpaired) electrons. The molecule has 2 fully saturated rings. The van der Waals surface area contributed by atoms with Crippen molar-refractivity contribution in [3.05, 3.63) is 71.5 Å². The van der Waals surface area contributed by atoms with E-state index < -0.39 is 0 Å². The maximum atomic E-state index is 15.5. The predicted octanol–water partition coefficient (Wildman–Crippen LogP) is 8.12. The summed E-state index contributed by atoms with van der Waals surface area (Å²) in [4.78, 5) is 0. The summed E-state index contributed by atoms with van der Waals surface area (Å²) in [7, 11) is 0. The second-order valence-corrected chi connectivity index (χ2v) is 10.8. The number of halogens is 1. The number of ether oxygens (including phenoxy) is 1. The van der Waals surface area contributed by atoms with Crippen molar-refractivity contribution in [2.75, 3.05) is 6.61 Å². The molecule has 1 saturated carbocycles. The van der Waals surface area contributed by atoms with Crippen molar-refractivity contribution < 1.29 is 9.13 Å². The van der Waals surface area contributed by atoms with Crippen LogP contribution in [0.25, 0.3) is 21.9 Å². The molecule has 1 atom stereocenters. The zero-order chi connectivity index (χ0) is 23.0. The Hall–Kier alpha value is -2.23. The number of nitrogens with one attached hydrogen (secondary N) is 1. The Balaban J connectivity index is 1.35. The Morgan fingerprint density at radius 1 is 0.939 bits per heavy atom. The Bertz CT molecular complexity index is 1110. The van der Waals surface area contributed by atoms with Gasteiger partial charge in [-0.1, -0.05) is 74.4 Å². The molecule has 0 amide bonds. The number of rotatable bonds is 5. The average Bonchev–Trinajstić information content (AvgIpc) is 3.20. The topological polar surface area (TPSA) is 21.3 Å². The van der Waals surface area contributed by atoms with Gasteiger partial charge in [-0.15, -0.1) is 0 Å². The van der Waals surface area contributed by atoms with Crippen LogP contribution < -0.4 is 5.32 Å². The van der Waals surface area contributed by atoms with Crippen LogP contribution in [0, 0.1) is 11.7 Å². The molecule has 1 unspecified atom stereocenters. The van der Waals surface area contributed by atoms with Gasteiger partial charge in [0.25, 0.3) is 0 Å². The molecule has 1 N–H and O–H groups in total. The number of hydrogen-bond acceptors (Lipinski definition) is 2. The van der Waals surface area contributed by atoms with Gasteiger partial charge in [-0.3, -0.25) is 5.32 Å². The normalized spacial score (nSPS) is 24.9. The van der Waals surface area contributed by atoms with Crippen LogP contribution in [-0.4, -0.2) is 12.1 Å². The highest BCUT2D eigenvalue weighted by molar-refractivity contribution is 5.89. The van der Waals surface area contributed by atoms with Crippen molar-refractivity contribution in [3.8, 4) is 11.1 Å². The van der Waals surface area contributed by atoms with Crippen molar-refractivity contribution in [2.45, 2.75) is 77.0 Å². The number of fused-ring (bicyclic) bond motifs is 1. The maximum absolute atomic E-state index is 15.5. The average molecular weight is 446 g/mol. The third-order valence-corrected chi connectivity index (χ3v) is 7.65. The molecule has 1 saturated heterocycles. The van der Waals surface area contributed by atoms with Gasteiger partial charge in [0.05, 0.1) is 6.61 Å². The monoisotopic (exact) mass is 445 g/mol. The maximum Gasteiger partial charge on any atom is 0.138 e. The summed E-state index contributed by atoms with van der Waals surface area (Å²) >= 11 is 0. The van der Waals surface area contributed by atoms with Gasteiger partial charge in [-0.2, -0.15) is 0 Å². The molecule has 1 aliphatic carbocycles. The predicted molar refractivity (Wildman–Crippen MR) is 135 cm³/mol. The third kappa shape index (κ3) is 4.72. The van der Waals surface area contributed by atoms with E-state index >= 15 is 4.39 Å². The van der Waals surface area contributed by atoms with E-state index in [0.717, 1.165) is 22.4 Å². The van der Waals surface area contributed by atoms with Crippen LogP contribution in [0.5, 0.6) is 0 Å². The van der Waals surface area contributed by atoms with E-state index in [0.29, 0.717) is 23.5 Å². The summed E-state index contributed by atoms with van der Waals surface area (Å²) in [5, 5.41) is 5.20. The molecular formula is C30H36FNO. The molecule has 0 bridgehead atoms. The van der Waals surface area contributed by atoms with Gasteiger partial charge >= 0.3 is 0 Å². The molecule has 3 aromatic rings. The van der Waals surface area contributed by atoms with Crippen LogP contribution >= 0.6 is 0 Å².